The van der Waals surface area contributed by atoms with Crippen LogP contribution in [-0.4, -0.2) is 65.9 Å². The van der Waals surface area contributed by atoms with Crippen molar-refractivity contribution in [3.8, 4) is 11.5 Å². The van der Waals surface area contributed by atoms with E-state index >= 15 is 0 Å². The summed E-state index contributed by atoms with van der Waals surface area (Å²) >= 11 is -3.74. The number of aliphatic carboxylic acids is 1. The number of aryl methyl sites for hydroxylation is 3. The minimum absolute atomic E-state index is 0.113. The van der Waals surface area contributed by atoms with Gasteiger partial charge in [-0.15, -0.1) is 9.89 Å². The second kappa shape index (κ2) is 14.7. The summed E-state index contributed by atoms with van der Waals surface area (Å²) in [6, 6.07) is 17.9. The molecule has 3 aromatic carbocycles. The molecular weight excluding hydrogens is 645 g/mol. The quantitative estimate of drug-likeness (QED) is 0.179. The van der Waals surface area contributed by atoms with E-state index < -0.39 is 28.5 Å². The Kier molecular flexibility index (Phi) is 10.4. The lowest BCUT2D eigenvalue weighted by molar-refractivity contribution is -0.135. The predicted molar refractivity (Wildman–Crippen MR) is 182 cm³/mol. The third-order valence-corrected chi connectivity index (χ3v) is 8.47. The van der Waals surface area contributed by atoms with Gasteiger partial charge >= 0.3 is 17.2 Å². The molecule has 246 valence electrons. The summed E-state index contributed by atoms with van der Waals surface area (Å²) in [5.41, 5.74) is 5.68. The van der Waals surface area contributed by atoms with Crippen molar-refractivity contribution < 1.29 is 26.7 Å². The Morgan fingerprint density at radius 2 is 1.64 bits per heavy atom. The van der Waals surface area contributed by atoms with E-state index in [1.807, 2.05) is 45.9 Å². The topological polar surface area (TPSA) is 173 Å². The first-order chi connectivity index (χ1) is 22.4. The summed E-state index contributed by atoms with van der Waals surface area (Å²) in [5.74, 6) is 0.911. The fourth-order valence-corrected chi connectivity index (χ4v) is 5.84. The molecule has 0 aliphatic carbocycles. The monoisotopic (exact) mass is 678 g/mol. The summed E-state index contributed by atoms with van der Waals surface area (Å²) < 4.78 is 42.1. The van der Waals surface area contributed by atoms with Crippen LogP contribution in [0.5, 0.6) is 11.5 Å². The van der Waals surface area contributed by atoms with E-state index in [-0.39, 0.29) is 13.1 Å². The lowest BCUT2D eigenvalue weighted by Gasteiger charge is -2.16. The number of fused-ring (bicyclic) bond motifs is 1. The van der Waals surface area contributed by atoms with Crippen LogP contribution in [0.2, 0.25) is 0 Å². The maximum absolute atomic E-state index is 12.7. The molecule has 2 heterocycles. The zero-order chi connectivity index (χ0) is 33.7. The maximum Gasteiger partial charge on any atom is 0.323 e. The van der Waals surface area contributed by atoms with Gasteiger partial charge < -0.3 is 18.4 Å². The van der Waals surface area contributed by atoms with E-state index in [9.17, 15) is 13.2 Å². The Bertz CT molecular complexity index is 1910. The second-order valence-corrected chi connectivity index (χ2v) is 12.5. The largest absolute Gasteiger partial charge is 0.480 e. The Morgan fingerprint density at radius 3 is 2.36 bits per heavy atom. The molecule has 3 N–H and O–H groups in total. The van der Waals surface area contributed by atoms with Crippen LogP contribution in [-0.2, 0) is 33.7 Å². The Hall–Kier alpha value is -4.93. The molecule has 47 heavy (non-hydrogen) atoms. The van der Waals surface area contributed by atoms with Gasteiger partial charge in [-0.3, -0.25) is 9.52 Å². The number of hydrogen-bond acceptors (Lipinski definition) is 10. The summed E-state index contributed by atoms with van der Waals surface area (Å²) in [6.45, 7) is 7.56. The van der Waals surface area contributed by atoms with Gasteiger partial charge in [-0.2, -0.15) is 13.5 Å². The van der Waals surface area contributed by atoms with Gasteiger partial charge in [0.25, 0.3) is 11.3 Å². The Morgan fingerprint density at radius 1 is 0.957 bits per heavy atom. The fourth-order valence-electron chi connectivity index (χ4n) is 4.46. The number of hydrogen-bond donors (Lipinski definition) is 3. The molecule has 2 unspecified atom stereocenters. The lowest BCUT2D eigenvalue weighted by atomic mass is 10.1. The molecule has 1 aromatic heterocycles. The average Bonchev–Trinajstić information content (AvgIpc) is 3.53. The molecule has 0 amide bonds. The molecule has 2 atom stereocenters. The molecule has 0 radical (unpaired) electrons. The van der Waals surface area contributed by atoms with Crippen LogP contribution in [0, 0.1) is 20.8 Å². The molecule has 5 rings (SSSR count). The number of anilines is 2. The second-order valence-electron chi connectivity index (χ2n) is 10.8. The fraction of sp³-hybridized carbons (Fsp3) is 0.258. The highest BCUT2D eigenvalue weighted by atomic mass is 32.2. The van der Waals surface area contributed by atoms with Crippen molar-refractivity contribution in [3.05, 3.63) is 89.0 Å². The average molecular weight is 679 g/mol. The first-order valence-electron chi connectivity index (χ1n) is 14.5. The maximum atomic E-state index is 12.7. The molecule has 14 nitrogen and oxygen atoms in total. The Balaban J connectivity index is 1.15. The highest BCUT2D eigenvalue weighted by molar-refractivity contribution is 7.82. The van der Waals surface area contributed by atoms with Crippen LogP contribution in [0.25, 0.3) is 0 Å². The normalized spacial score (nSPS) is 14.3. The molecule has 0 spiro atoms. The SMILES string of the molecule is CC1=Nn2nc(CCNS(=O)Oc3cc(NS(=O)Oc4cc(C)ccc4C)ccc3C)nc2C1=Nc1ccc(N(C)CC(=O)O)cc1. The number of carbonyl (C=O) groups is 1. The van der Waals surface area contributed by atoms with Crippen LogP contribution in [0.4, 0.5) is 17.1 Å². The van der Waals surface area contributed by atoms with E-state index in [4.69, 9.17) is 13.5 Å². The van der Waals surface area contributed by atoms with Crippen molar-refractivity contribution in [2.24, 2.45) is 10.1 Å². The number of aromatic nitrogens is 3. The number of benzene rings is 3. The summed E-state index contributed by atoms with van der Waals surface area (Å²) in [5, 5.41) is 17.8. The minimum Gasteiger partial charge on any atom is -0.480 e. The summed E-state index contributed by atoms with van der Waals surface area (Å²) in [7, 11) is 1.70. The van der Waals surface area contributed by atoms with Crippen molar-refractivity contribution in [2.75, 3.05) is 29.8 Å². The third kappa shape index (κ3) is 8.66. The molecule has 0 saturated heterocycles. The zero-order valence-corrected chi connectivity index (χ0v) is 28.0. The van der Waals surface area contributed by atoms with Gasteiger partial charge in [-0.05, 0) is 80.8 Å². The molecule has 1 aliphatic heterocycles. The number of nitrogens with zero attached hydrogens (tertiary/aromatic N) is 6. The van der Waals surface area contributed by atoms with Gasteiger partial charge in [0.15, 0.2) is 5.82 Å². The van der Waals surface area contributed by atoms with E-state index in [2.05, 4.69) is 29.6 Å². The van der Waals surface area contributed by atoms with Gasteiger partial charge in [0.2, 0.25) is 5.82 Å². The molecule has 4 aromatic rings. The van der Waals surface area contributed by atoms with Gasteiger partial charge in [0.1, 0.15) is 23.8 Å². The number of nitrogens with one attached hydrogen (secondary N) is 2. The van der Waals surface area contributed by atoms with Gasteiger partial charge in [-0.1, -0.05) is 18.2 Å². The highest BCUT2D eigenvalue weighted by Gasteiger charge is 2.24. The third-order valence-electron chi connectivity index (χ3n) is 6.97. The van der Waals surface area contributed by atoms with Crippen LogP contribution in [0.3, 0.4) is 0 Å². The number of aliphatic imine (C=N–C) groups is 1. The number of likely N-dealkylation sites (N-methyl/N-ethyl adjacent to an activating group) is 1. The number of rotatable bonds is 14. The summed E-state index contributed by atoms with van der Waals surface area (Å²) in [4.78, 5) is 23.3. The summed E-state index contributed by atoms with van der Waals surface area (Å²) in [6.07, 6.45) is 0.344. The van der Waals surface area contributed by atoms with E-state index in [1.54, 1.807) is 54.4 Å². The molecular formula is C31H34N8O6S2. The zero-order valence-electron chi connectivity index (χ0n) is 26.4. The Labute approximate surface area is 277 Å². The van der Waals surface area contributed by atoms with Crippen LogP contribution in [0.1, 0.15) is 35.3 Å². The van der Waals surface area contributed by atoms with Crippen LogP contribution >= 0.6 is 0 Å². The molecule has 0 saturated carbocycles. The predicted octanol–water partition coefficient (Wildman–Crippen LogP) is 3.94. The standard InChI is InChI=1S/C31H34N8O6S2/c1-19-6-7-20(2)26(16-19)45-47(43)37-24-9-8-21(3)27(17-24)44-46(42)32-15-14-28-34-31-30(22(4)35-39(31)36-28)33-23-10-12-25(13-11-23)38(5)18-29(40)41/h6-13,16-17,32,37H,14-15,18H2,1-5H3,(H,40,41). The number of carboxylic acid groups (broad SMARTS) is 1. The van der Waals surface area contributed by atoms with Gasteiger partial charge in [0.05, 0.1) is 17.1 Å². The molecule has 16 heteroatoms. The smallest absolute Gasteiger partial charge is 0.323 e. The number of carboxylic acids is 1. The van der Waals surface area contributed by atoms with Gasteiger partial charge in [0, 0.05) is 31.8 Å². The van der Waals surface area contributed by atoms with Crippen molar-refractivity contribution in [1.29, 1.82) is 0 Å². The van der Waals surface area contributed by atoms with Crippen LogP contribution in [0.15, 0.2) is 70.8 Å². The first kappa shape index (κ1) is 33.4. The van der Waals surface area contributed by atoms with Crippen molar-refractivity contribution >= 4 is 57.0 Å². The van der Waals surface area contributed by atoms with Gasteiger partial charge in [-0.25, -0.2) is 14.7 Å². The van der Waals surface area contributed by atoms with E-state index in [0.29, 0.717) is 52.4 Å². The minimum atomic E-state index is -1.88. The molecule has 0 fully saturated rings. The lowest BCUT2D eigenvalue weighted by Crippen LogP contribution is -2.24. The first-order valence-corrected chi connectivity index (χ1v) is 16.6. The highest BCUT2D eigenvalue weighted by Crippen LogP contribution is 2.26. The molecule has 0 bridgehead atoms. The van der Waals surface area contributed by atoms with E-state index in [0.717, 1.165) is 22.4 Å². The van der Waals surface area contributed by atoms with E-state index in [1.165, 1.54) is 4.79 Å². The van der Waals surface area contributed by atoms with Crippen molar-refractivity contribution in [2.45, 2.75) is 34.1 Å². The van der Waals surface area contributed by atoms with Crippen molar-refractivity contribution in [1.82, 2.24) is 19.6 Å². The van der Waals surface area contributed by atoms with Crippen LogP contribution < -0.4 is 22.7 Å². The molecule has 1 aliphatic rings. The van der Waals surface area contributed by atoms with Crippen molar-refractivity contribution in [3.63, 3.8) is 0 Å².